The van der Waals surface area contributed by atoms with Crippen molar-refractivity contribution in [2.24, 2.45) is 0 Å². The van der Waals surface area contributed by atoms with Gasteiger partial charge in [-0.2, -0.15) is 13.2 Å². The maximum atomic E-state index is 11.9. The molecule has 114 valence electrons. The summed E-state index contributed by atoms with van der Waals surface area (Å²) in [7, 11) is 0. The van der Waals surface area contributed by atoms with Crippen LogP contribution in [0.5, 0.6) is 5.75 Å². The van der Waals surface area contributed by atoms with E-state index in [1.54, 1.807) is 0 Å². The minimum Gasteiger partial charge on any atom is -0.492 e. The van der Waals surface area contributed by atoms with Gasteiger partial charge in [0.2, 0.25) is 0 Å². The van der Waals surface area contributed by atoms with E-state index in [2.05, 4.69) is 32.2 Å². The first-order valence-electron chi connectivity index (χ1n) is 6.61. The number of benzene rings is 1. The molecule has 0 fully saturated rings. The molecular weight excluding hydrogens is 267 g/mol. The predicted octanol–water partition coefficient (Wildman–Crippen LogP) is 3.82. The van der Waals surface area contributed by atoms with E-state index in [-0.39, 0.29) is 18.6 Å². The molecule has 1 aromatic carbocycles. The van der Waals surface area contributed by atoms with E-state index >= 15 is 0 Å². The molecule has 0 unspecified atom stereocenters. The smallest absolute Gasteiger partial charge is 0.401 e. The van der Waals surface area contributed by atoms with Gasteiger partial charge in [-0.1, -0.05) is 32.9 Å². The second-order valence-electron chi connectivity index (χ2n) is 5.87. The molecule has 2 nitrogen and oxygen atoms in total. The topological polar surface area (TPSA) is 21.3 Å². The fraction of sp³-hybridized carbons (Fsp3) is 0.600. The summed E-state index contributed by atoms with van der Waals surface area (Å²) in [5, 5.41) is 2.30. The Kier molecular flexibility index (Phi) is 5.45. The van der Waals surface area contributed by atoms with Gasteiger partial charge in [0.15, 0.2) is 0 Å². The molecular formula is C15H22F3NO. The third-order valence-corrected chi connectivity index (χ3v) is 2.90. The lowest BCUT2D eigenvalue weighted by Crippen LogP contribution is -2.31. The van der Waals surface area contributed by atoms with Crippen LogP contribution in [-0.2, 0) is 5.41 Å². The Balaban J connectivity index is 2.46. The summed E-state index contributed by atoms with van der Waals surface area (Å²) in [4.78, 5) is 0. The Morgan fingerprint density at radius 1 is 1.15 bits per heavy atom. The van der Waals surface area contributed by atoms with Crippen molar-refractivity contribution >= 4 is 0 Å². The van der Waals surface area contributed by atoms with Crippen molar-refractivity contribution < 1.29 is 17.9 Å². The highest BCUT2D eigenvalue weighted by molar-refractivity contribution is 5.38. The van der Waals surface area contributed by atoms with Gasteiger partial charge in [-0.15, -0.1) is 0 Å². The molecule has 1 N–H and O–H groups in total. The Labute approximate surface area is 118 Å². The van der Waals surface area contributed by atoms with E-state index in [4.69, 9.17) is 4.74 Å². The van der Waals surface area contributed by atoms with Crippen LogP contribution in [0.3, 0.4) is 0 Å². The second-order valence-corrected chi connectivity index (χ2v) is 5.87. The minimum absolute atomic E-state index is 0.0670. The SMILES string of the molecule is Cc1cc(C(C)(C)C)ccc1OCCNCC(F)(F)F. The summed E-state index contributed by atoms with van der Waals surface area (Å²) in [6, 6.07) is 5.92. The standard InChI is InChI=1S/C15H22F3NO/c1-11-9-12(14(2,3)4)5-6-13(11)20-8-7-19-10-15(16,17)18/h5-6,9,19H,7-8,10H2,1-4H3. The molecule has 0 saturated carbocycles. The largest absolute Gasteiger partial charge is 0.492 e. The predicted molar refractivity (Wildman–Crippen MR) is 74.3 cm³/mol. The lowest BCUT2D eigenvalue weighted by Gasteiger charge is -2.20. The van der Waals surface area contributed by atoms with Crippen molar-refractivity contribution in [3.63, 3.8) is 0 Å². The number of nitrogens with one attached hydrogen (secondary N) is 1. The highest BCUT2D eigenvalue weighted by Gasteiger charge is 2.25. The summed E-state index contributed by atoms with van der Waals surface area (Å²) in [6.07, 6.45) is -4.18. The highest BCUT2D eigenvalue weighted by Crippen LogP contribution is 2.27. The molecule has 0 aliphatic rings. The molecule has 0 spiro atoms. The maximum absolute atomic E-state index is 11.9. The van der Waals surface area contributed by atoms with Gasteiger partial charge in [0.05, 0.1) is 6.54 Å². The second kappa shape index (κ2) is 6.48. The molecule has 0 saturated heterocycles. The van der Waals surface area contributed by atoms with Crippen molar-refractivity contribution in [1.82, 2.24) is 5.32 Å². The molecule has 1 aromatic rings. The van der Waals surface area contributed by atoms with E-state index < -0.39 is 12.7 Å². The summed E-state index contributed by atoms with van der Waals surface area (Å²) in [6.45, 7) is 7.72. The molecule has 1 rings (SSSR count). The molecule has 20 heavy (non-hydrogen) atoms. The Hall–Kier alpha value is -1.23. The van der Waals surface area contributed by atoms with E-state index in [1.165, 1.54) is 5.56 Å². The third-order valence-electron chi connectivity index (χ3n) is 2.90. The zero-order valence-electron chi connectivity index (χ0n) is 12.4. The number of rotatable bonds is 5. The number of aryl methyl sites for hydroxylation is 1. The fourth-order valence-electron chi connectivity index (χ4n) is 1.74. The van der Waals surface area contributed by atoms with Gasteiger partial charge in [-0.3, -0.25) is 0 Å². The van der Waals surface area contributed by atoms with Gasteiger partial charge in [-0.05, 0) is 29.5 Å². The fourth-order valence-corrected chi connectivity index (χ4v) is 1.74. The zero-order chi connectivity index (χ0) is 15.4. The normalized spacial score (nSPS) is 12.6. The quantitative estimate of drug-likeness (QED) is 0.832. The summed E-state index contributed by atoms with van der Waals surface area (Å²) in [5.41, 5.74) is 2.27. The first-order valence-corrected chi connectivity index (χ1v) is 6.61. The van der Waals surface area contributed by atoms with Crippen LogP contribution in [0.25, 0.3) is 0 Å². The summed E-state index contributed by atoms with van der Waals surface area (Å²) < 4.78 is 41.3. The molecule has 0 radical (unpaired) electrons. The van der Waals surface area contributed by atoms with E-state index in [0.29, 0.717) is 5.75 Å². The molecule has 0 aromatic heterocycles. The summed E-state index contributed by atoms with van der Waals surface area (Å²) in [5.74, 6) is 0.715. The Morgan fingerprint density at radius 3 is 2.30 bits per heavy atom. The van der Waals surface area contributed by atoms with Crippen molar-refractivity contribution in [1.29, 1.82) is 0 Å². The van der Waals surface area contributed by atoms with Crippen LogP contribution in [0.1, 0.15) is 31.9 Å². The molecule has 0 heterocycles. The van der Waals surface area contributed by atoms with E-state index in [0.717, 1.165) is 5.56 Å². The van der Waals surface area contributed by atoms with Crippen molar-refractivity contribution in [2.45, 2.75) is 39.3 Å². The molecule has 0 aliphatic carbocycles. The first kappa shape index (κ1) is 16.8. The van der Waals surface area contributed by atoms with Gasteiger partial charge in [0.25, 0.3) is 0 Å². The maximum Gasteiger partial charge on any atom is 0.401 e. The lowest BCUT2D eigenvalue weighted by molar-refractivity contribution is -0.124. The highest BCUT2D eigenvalue weighted by atomic mass is 19.4. The Bertz CT molecular complexity index is 436. The van der Waals surface area contributed by atoms with Gasteiger partial charge in [0, 0.05) is 6.54 Å². The average Bonchev–Trinajstić information content (AvgIpc) is 2.27. The van der Waals surface area contributed by atoms with Gasteiger partial charge >= 0.3 is 6.18 Å². The van der Waals surface area contributed by atoms with Crippen molar-refractivity contribution in [3.8, 4) is 5.75 Å². The van der Waals surface area contributed by atoms with Gasteiger partial charge in [0.1, 0.15) is 12.4 Å². The number of hydrogen-bond acceptors (Lipinski definition) is 2. The zero-order valence-corrected chi connectivity index (χ0v) is 12.4. The molecule has 0 bridgehead atoms. The van der Waals surface area contributed by atoms with Crippen LogP contribution in [0.2, 0.25) is 0 Å². The number of hydrogen-bond donors (Lipinski definition) is 1. The average molecular weight is 289 g/mol. The minimum atomic E-state index is -4.18. The van der Waals surface area contributed by atoms with Crippen LogP contribution in [0, 0.1) is 6.92 Å². The van der Waals surface area contributed by atoms with Crippen LogP contribution >= 0.6 is 0 Å². The van der Waals surface area contributed by atoms with Crippen molar-refractivity contribution in [3.05, 3.63) is 29.3 Å². The lowest BCUT2D eigenvalue weighted by atomic mass is 9.86. The molecule has 0 aliphatic heterocycles. The van der Waals surface area contributed by atoms with E-state index in [1.807, 2.05) is 19.1 Å². The first-order chi connectivity index (χ1) is 9.09. The van der Waals surface area contributed by atoms with Crippen LogP contribution in [-0.4, -0.2) is 25.9 Å². The van der Waals surface area contributed by atoms with Gasteiger partial charge in [-0.25, -0.2) is 0 Å². The van der Waals surface area contributed by atoms with Gasteiger partial charge < -0.3 is 10.1 Å². The number of halogens is 3. The Morgan fingerprint density at radius 2 is 1.80 bits per heavy atom. The summed E-state index contributed by atoms with van der Waals surface area (Å²) >= 11 is 0. The van der Waals surface area contributed by atoms with Crippen molar-refractivity contribution in [2.75, 3.05) is 19.7 Å². The number of ether oxygens (including phenoxy) is 1. The molecule has 0 atom stereocenters. The van der Waals surface area contributed by atoms with Crippen LogP contribution in [0.15, 0.2) is 18.2 Å². The monoisotopic (exact) mass is 289 g/mol. The molecule has 5 heteroatoms. The van der Waals surface area contributed by atoms with E-state index in [9.17, 15) is 13.2 Å². The number of alkyl halides is 3. The third kappa shape index (κ3) is 5.82. The van der Waals surface area contributed by atoms with Crippen LogP contribution in [0.4, 0.5) is 13.2 Å². The van der Waals surface area contributed by atoms with Crippen LogP contribution < -0.4 is 10.1 Å². The molecule has 0 amide bonds.